The molecule has 34 nitrogen and oxygen atoms in total. The fraction of sp³-hybridized carbons (Fsp3) is 0.569. The first-order valence-electron chi connectivity index (χ1n) is 33.4. The number of guanidine groups is 3. The SMILES string of the molecule is CC[C@H](C)[C@H](NC(=O)[C@H](CC(N)=O)NC(=O)[C@H](CCCN=C(N)N)NC(=O)[C@@H](NC(=O)[C@H](Cc1c[nH]c2ccccc12)NC(=O)[C@@H](N)Cc1ccccc1)[C@@H](C)CC)C(=O)N[C@@H](CCCN=C(N)N)C(=O)N[C@@H](CCCCN)C(=O)N[C@H](C(=O)N[C@@H](CCCN=C(N)N)C(=O)O)C(C)C. The van der Waals surface area contributed by atoms with Gasteiger partial charge in [-0.3, -0.25) is 62.9 Å². The van der Waals surface area contributed by atoms with Gasteiger partial charge in [0, 0.05) is 43.2 Å². The molecule has 0 aliphatic rings. The Labute approximate surface area is 576 Å². The minimum absolute atomic E-state index is 0.00662. The highest BCUT2D eigenvalue weighted by Gasteiger charge is 2.38. The average molecular weight is 1390 g/mol. The number of nitrogens with two attached hydrogens (primary N) is 9. The first-order chi connectivity index (χ1) is 46.9. The minimum Gasteiger partial charge on any atom is -0.480 e. The molecule has 3 rings (SSSR count). The molecule has 0 radical (unpaired) electrons. The molecule has 12 atom stereocenters. The molecule has 0 fully saturated rings. The Bertz CT molecular complexity index is 3240. The molecule has 34 heteroatoms. The number of unbranched alkanes of at least 4 members (excludes halogenated alkanes) is 1. The summed E-state index contributed by atoms with van der Waals surface area (Å²) in [5.41, 5.74) is 53.2. The van der Waals surface area contributed by atoms with Gasteiger partial charge in [-0.05, 0) is 106 Å². The van der Waals surface area contributed by atoms with Crippen molar-refractivity contribution in [3.63, 3.8) is 0 Å². The van der Waals surface area contributed by atoms with Crippen LogP contribution in [0.5, 0.6) is 0 Å². The first kappa shape index (κ1) is 83.1. The number of H-pyrrole nitrogens is 1. The van der Waals surface area contributed by atoms with Gasteiger partial charge in [-0.2, -0.15) is 0 Å². The van der Waals surface area contributed by atoms with Gasteiger partial charge in [0.1, 0.15) is 54.4 Å². The maximum Gasteiger partial charge on any atom is 0.326 e. The quantitative estimate of drug-likeness (QED) is 0.0149. The number of nitrogens with zero attached hydrogens (tertiary/aromatic N) is 3. The van der Waals surface area contributed by atoms with Crippen molar-refractivity contribution >= 4 is 93.8 Å². The lowest BCUT2D eigenvalue weighted by molar-refractivity contribution is -0.143. The average Bonchev–Trinajstić information content (AvgIpc) is 1.75. The zero-order valence-electron chi connectivity index (χ0n) is 57.5. The lowest BCUT2D eigenvalue weighted by atomic mass is 9.96. The number of nitrogens with one attached hydrogen (secondary N) is 10. The number of carbonyl (C=O) groups excluding carboxylic acids is 10. The van der Waals surface area contributed by atoms with E-state index in [1.165, 1.54) is 0 Å². The van der Waals surface area contributed by atoms with E-state index in [0.29, 0.717) is 24.8 Å². The highest BCUT2D eigenvalue weighted by molar-refractivity contribution is 6.00. The molecular weight excluding hydrogens is 1280 g/mol. The Morgan fingerprint density at radius 3 is 1.31 bits per heavy atom. The van der Waals surface area contributed by atoms with Crippen molar-refractivity contribution in [1.29, 1.82) is 0 Å². The van der Waals surface area contributed by atoms with Crippen molar-refractivity contribution < 1.29 is 57.8 Å². The largest absolute Gasteiger partial charge is 0.480 e. The van der Waals surface area contributed by atoms with E-state index in [4.69, 9.17) is 51.6 Å². The number of hydrogen-bond acceptors (Lipinski definition) is 16. The van der Waals surface area contributed by atoms with Crippen LogP contribution in [0.4, 0.5) is 0 Å². The summed E-state index contributed by atoms with van der Waals surface area (Å²) in [6.07, 6.45) is 2.26. The number of fused-ring (bicyclic) bond motifs is 1. The molecule has 0 saturated carbocycles. The summed E-state index contributed by atoms with van der Waals surface area (Å²) in [4.78, 5) is 169. The summed E-state index contributed by atoms with van der Waals surface area (Å²) in [6.45, 7) is 10.3. The number of aliphatic imine (C=N–C) groups is 3. The number of carbonyl (C=O) groups is 11. The lowest BCUT2D eigenvalue weighted by Gasteiger charge is -2.30. The third-order valence-corrected chi connectivity index (χ3v) is 16.5. The van der Waals surface area contributed by atoms with E-state index in [0.717, 1.165) is 16.5 Å². The highest BCUT2D eigenvalue weighted by atomic mass is 16.4. The molecule has 29 N–H and O–H groups in total. The van der Waals surface area contributed by atoms with Gasteiger partial charge in [-0.15, -0.1) is 0 Å². The predicted molar refractivity (Wildman–Crippen MR) is 375 cm³/mol. The summed E-state index contributed by atoms with van der Waals surface area (Å²) in [7, 11) is 0. The number of rotatable bonds is 46. The third-order valence-electron chi connectivity index (χ3n) is 16.5. The number of aliphatic carboxylic acids is 1. The standard InChI is InChI=1S/C65H106N22O12/c1-7-36(5)51(86-57(93)47(32-39-34-78-42-22-13-12-21-40(39)42)83-53(89)41(67)31-38-19-10-9-11-20-38)60(96)81-45(25-17-29-76-64(71)72)55(91)84-48(33-49(68)88)58(94)87-52(37(6)8-2)61(97)80-44(24-16-28-75-63(69)70)54(90)79-43(23-14-15-27-66)56(92)85-50(35(3)4)59(95)82-46(62(98)99)26-18-30-77-65(73)74/h9-13,19-22,34-37,41,43-48,50-52,78H,7-8,14-18,23-33,66-67H2,1-6H3,(H2,68,88)(H,79,90)(H,80,97)(H,81,96)(H,82,95)(H,83,89)(H,84,91)(H,85,92)(H,86,93)(H,87,94)(H,98,99)(H4,69,70,75)(H4,71,72,76)(H4,73,74,77)/t36-,37-,41-,43-,44-,45-,46-,47-,48-,50-,51-,52-/m0/s1. The van der Waals surface area contributed by atoms with E-state index in [1.54, 1.807) is 59.9 Å². The number of primary amides is 1. The van der Waals surface area contributed by atoms with E-state index in [-0.39, 0.29) is 108 Å². The zero-order chi connectivity index (χ0) is 73.9. The molecule has 0 spiro atoms. The highest BCUT2D eigenvalue weighted by Crippen LogP contribution is 2.21. The molecule has 1 heterocycles. The Balaban J connectivity index is 1.98. The van der Waals surface area contributed by atoms with Crippen LogP contribution < -0.4 is 99.5 Å². The topological polar surface area (TPSA) is 603 Å². The van der Waals surface area contributed by atoms with Crippen LogP contribution in [-0.2, 0) is 65.6 Å². The molecule has 99 heavy (non-hydrogen) atoms. The summed E-state index contributed by atoms with van der Waals surface area (Å²) >= 11 is 0. The second-order valence-corrected chi connectivity index (χ2v) is 24.8. The number of amides is 10. The van der Waals surface area contributed by atoms with Crippen molar-refractivity contribution in [3.8, 4) is 0 Å². The Hall–Kier alpha value is -10.1. The van der Waals surface area contributed by atoms with E-state index < -0.39 is 150 Å². The number of hydrogen-bond donors (Lipinski definition) is 20. The number of carboxylic acids is 1. The van der Waals surface area contributed by atoms with Crippen LogP contribution in [0.2, 0.25) is 0 Å². The Kier molecular flexibility index (Phi) is 36.3. The number of benzene rings is 2. The van der Waals surface area contributed by atoms with Gasteiger partial charge in [0.2, 0.25) is 59.1 Å². The van der Waals surface area contributed by atoms with Crippen molar-refractivity contribution in [3.05, 3.63) is 71.9 Å². The molecule has 0 saturated heterocycles. The molecule has 2 aromatic carbocycles. The van der Waals surface area contributed by atoms with E-state index in [9.17, 15) is 57.8 Å². The van der Waals surface area contributed by atoms with Crippen LogP contribution >= 0.6 is 0 Å². The minimum atomic E-state index is -1.80. The van der Waals surface area contributed by atoms with Crippen molar-refractivity contribution in [1.82, 2.24) is 52.8 Å². The second-order valence-electron chi connectivity index (χ2n) is 24.8. The number of para-hydroxylation sites is 1. The molecule has 0 bridgehead atoms. The fourth-order valence-electron chi connectivity index (χ4n) is 10.5. The monoisotopic (exact) mass is 1390 g/mol. The van der Waals surface area contributed by atoms with Gasteiger partial charge < -0.3 is 110 Å². The molecule has 3 aromatic rings. The van der Waals surface area contributed by atoms with E-state index in [1.807, 2.05) is 42.5 Å². The molecule has 0 unspecified atom stereocenters. The number of aromatic amines is 1. The van der Waals surface area contributed by atoms with Crippen LogP contribution in [0.3, 0.4) is 0 Å². The molecule has 548 valence electrons. The Morgan fingerprint density at radius 2 is 0.848 bits per heavy atom. The van der Waals surface area contributed by atoms with Gasteiger partial charge in [-0.25, -0.2) is 4.79 Å². The lowest BCUT2D eigenvalue weighted by Crippen LogP contribution is -2.62. The maximum absolute atomic E-state index is 14.7. The summed E-state index contributed by atoms with van der Waals surface area (Å²) in [5, 5.41) is 34.6. The van der Waals surface area contributed by atoms with E-state index >= 15 is 0 Å². The molecule has 1 aromatic heterocycles. The fourth-order valence-corrected chi connectivity index (χ4v) is 10.5. The molecule has 0 aliphatic carbocycles. The van der Waals surface area contributed by atoms with Gasteiger partial charge in [0.15, 0.2) is 17.9 Å². The summed E-state index contributed by atoms with van der Waals surface area (Å²) in [5.74, 6) is -12.8. The van der Waals surface area contributed by atoms with Crippen LogP contribution in [0.1, 0.15) is 130 Å². The normalized spacial score (nSPS) is 14.8. The zero-order valence-corrected chi connectivity index (χ0v) is 57.5. The number of carboxylic acid groups (broad SMARTS) is 1. The Morgan fingerprint density at radius 1 is 0.455 bits per heavy atom. The van der Waals surface area contributed by atoms with Gasteiger partial charge >= 0.3 is 5.97 Å². The van der Waals surface area contributed by atoms with Crippen LogP contribution in [0.15, 0.2) is 75.8 Å². The van der Waals surface area contributed by atoms with Gasteiger partial charge in [-0.1, -0.05) is 103 Å². The second kappa shape index (κ2) is 43.2. The van der Waals surface area contributed by atoms with E-state index in [2.05, 4.69) is 67.8 Å². The van der Waals surface area contributed by atoms with Crippen LogP contribution in [0, 0.1) is 17.8 Å². The van der Waals surface area contributed by atoms with Crippen molar-refractivity contribution in [2.75, 3.05) is 26.2 Å². The molecule has 10 amide bonds. The van der Waals surface area contributed by atoms with Crippen molar-refractivity contribution in [2.24, 2.45) is 84.3 Å². The number of aromatic nitrogens is 1. The molecule has 0 aliphatic heterocycles. The van der Waals surface area contributed by atoms with Crippen LogP contribution in [0.25, 0.3) is 10.9 Å². The molecular formula is C65H106N22O12. The van der Waals surface area contributed by atoms with Crippen LogP contribution in [-0.4, -0.2) is 180 Å². The third kappa shape index (κ3) is 29.6. The van der Waals surface area contributed by atoms with Gasteiger partial charge in [0.25, 0.3) is 0 Å². The maximum atomic E-state index is 14.7. The predicted octanol–water partition coefficient (Wildman–Crippen LogP) is -3.36. The summed E-state index contributed by atoms with van der Waals surface area (Å²) in [6, 6.07) is 2.45. The summed E-state index contributed by atoms with van der Waals surface area (Å²) < 4.78 is 0. The smallest absolute Gasteiger partial charge is 0.326 e. The van der Waals surface area contributed by atoms with Gasteiger partial charge in [0.05, 0.1) is 12.5 Å². The van der Waals surface area contributed by atoms with Crippen molar-refractivity contribution in [2.45, 2.75) is 192 Å². The first-order valence-corrected chi connectivity index (χ1v) is 33.4.